The lowest BCUT2D eigenvalue weighted by Crippen LogP contribution is -2.47. The Morgan fingerprint density at radius 1 is 1.03 bits per heavy atom. The number of hydrogen-bond donors (Lipinski definition) is 1. The van der Waals surface area contributed by atoms with E-state index < -0.39 is 16.6 Å². The normalized spacial score (nSPS) is 17.3. The van der Waals surface area contributed by atoms with Gasteiger partial charge in [-0.3, -0.25) is 10.1 Å². The van der Waals surface area contributed by atoms with Crippen LogP contribution in [0, 0.1) is 21.7 Å². The van der Waals surface area contributed by atoms with Gasteiger partial charge in [-0.15, -0.1) is 0 Å². The molecule has 1 N–H and O–H groups in total. The van der Waals surface area contributed by atoms with Gasteiger partial charge in [-0.2, -0.15) is 0 Å². The van der Waals surface area contributed by atoms with Crippen molar-refractivity contribution in [2.75, 3.05) is 38.7 Å². The minimum Gasteiger partial charge on any atom is -0.488 e. The Bertz CT molecular complexity index is 1320. The number of hydrogen-bond acceptors (Lipinski definition) is 6. The molecule has 0 amide bonds. The Morgan fingerprint density at radius 2 is 1.83 bits per heavy atom. The van der Waals surface area contributed by atoms with Crippen LogP contribution in [-0.4, -0.2) is 48.1 Å². The first kappa shape index (κ1) is 22.9. The Morgan fingerprint density at radius 3 is 2.60 bits per heavy atom. The van der Waals surface area contributed by atoms with Gasteiger partial charge in [-0.25, -0.2) is 13.8 Å². The van der Waals surface area contributed by atoms with Crippen LogP contribution in [0.4, 0.5) is 20.2 Å². The summed E-state index contributed by atoms with van der Waals surface area (Å²) in [6.45, 7) is 3.17. The number of piperazine rings is 1. The Kier molecular flexibility index (Phi) is 6.19. The van der Waals surface area contributed by atoms with Gasteiger partial charge < -0.3 is 15.1 Å². The monoisotopic (exact) mass is 478 g/mol. The van der Waals surface area contributed by atoms with Crippen molar-refractivity contribution in [2.45, 2.75) is 6.61 Å². The van der Waals surface area contributed by atoms with Gasteiger partial charge in [0.2, 0.25) is 0 Å². The van der Waals surface area contributed by atoms with Crippen molar-refractivity contribution in [3.63, 3.8) is 0 Å². The van der Waals surface area contributed by atoms with Gasteiger partial charge >= 0.3 is 0 Å². The third-order valence-electron chi connectivity index (χ3n) is 6.33. The van der Waals surface area contributed by atoms with E-state index in [1.807, 2.05) is 12.1 Å². The van der Waals surface area contributed by atoms with Crippen molar-refractivity contribution >= 4 is 23.0 Å². The number of nitrogens with one attached hydrogen (secondary N) is 1. The number of likely N-dealkylation sites (N-methyl/N-ethyl adjacent to an activating group) is 1. The standard InChI is InChI=1S/C26H24F2N4O3/c1-30-9-11-31(12-10-30)29-24-8-5-17(14-25(24)32(33)34)13-21-19-3-2-4-23(28)22(19)16-35-26-15-18(27)6-7-20(21)26/h2-8,13-15,29H,9-12,16H2,1H3. The molecule has 1 saturated heterocycles. The molecule has 2 aliphatic heterocycles. The molecule has 2 aliphatic rings. The molecule has 0 unspecified atom stereocenters. The SMILES string of the molecule is CN1CCN(Nc2ccc(C=C3c4ccc(F)cc4OCc4c(F)cccc43)cc2[N+](=O)[O-])CC1. The molecule has 5 rings (SSSR count). The summed E-state index contributed by atoms with van der Waals surface area (Å²) in [5.74, 6) is -0.612. The number of anilines is 1. The van der Waals surface area contributed by atoms with E-state index in [0.29, 0.717) is 33.5 Å². The summed E-state index contributed by atoms with van der Waals surface area (Å²) in [5.41, 5.74) is 6.18. The van der Waals surface area contributed by atoms with E-state index in [2.05, 4.69) is 10.3 Å². The molecule has 0 saturated carbocycles. The zero-order chi connectivity index (χ0) is 24.5. The summed E-state index contributed by atoms with van der Waals surface area (Å²) < 4.78 is 34.3. The van der Waals surface area contributed by atoms with Gasteiger partial charge in [0.05, 0.1) is 4.92 Å². The summed E-state index contributed by atoms with van der Waals surface area (Å²) in [6.07, 6.45) is 1.75. The third-order valence-corrected chi connectivity index (χ3v) is 6.33. The summed E-state index contributed by atoms with van der Waals surface area (Å²) in [6, 6.07) is 13.8. The predicted octanol–water partition coefficient (Wildman–Crippen LogP) is 4.93. The van der Waals surface area contributed by atoms with Crippen molar-refractivity contribution in [3.8, 4) is 5.75 Å². The van der Waals surface area contributed by atoms with Crippen LogP contribution in [-0.2, 0) is 6.61 Å². The van der Waals surface area contributed by atoms with Gasteiger partial charge in [0, 0.05) is 49.4 Å². The Hall–Kier alpha value is -3.82. The molecular weight excluding hydrogens is 454 g/mol. The number of rotatable bonds is 4. The second kappa shape index (κ2) is 9.44. The summed E-state index contributed by atoms with van der Waals surface area (Å²) >= 11 is 0. The van der Waals surface area contributed by atoms with Crippen LogP contribution in [0.5, 0.6) is 5.75 Å². The molecule has 3 aromatic rings. The van der Waals surface area contributed by atoms with E-state index in [1.165, 1.54) is 24.3 Å². The van der Waals surface area contributed by atoms with Crippen LogP contribution in [0.2, 0.25) is 0 Å². The van der Waals surface area contributed by atoms with E-state index in [-0.39, 0.29) is 18.0 Å². The zero-order valence-electron chi connectivity index (χ0n) is 19.1. The number of nitrogens with zero attached hydrogens (tertiary/aromatic N) is 3. The molecule has 1 fully saturated rings. The fourth-order valence-corrected chi connectivity index (χ4v) is 4.39. The van der Waals surface area contributed by atoms with Gasteiger partial charge in [0.25, 0.3) is 5.69 Å². The average Bonchev–Trinajstić information content (AvgIpc) is 2.99. The van der Waals surface area contributed by atoms with Gasteiger partial charge in [0.1, 0.15) is 29.7 Å². The molecule has 7 nitrogen and oxygen atoms in total. The summed E-state index contributed by atoms with van der Waals surface area (Å²) in [7, 11) is 2.04. The fraction of sp³-hybridized carbons (Fsp3) is 0.231. The molecule has 0 radical (unpaired) electrons. The van der Waals surface area contributed by atoms with Crippen LogP contribution >= 0.6 is 0 Å². The highest BCUT2D eigenvalue weighted by molar-refractivity contribution is 5.95. The lowest BCUT2D eigenvalue weighted by Gasteiger charge is -2.32. The van der Waals surface area contributed by atoms with E-state index >= 15 is 0 Å². The van der Waals surface area contributed by atoms with Gasteiger partial charge in [-0.05, 0) is 54.1 Å². The highest BCUT2D eigenvalue weighted by Gasteiger charge is 2.23. The second-order valence-electron chi connectivity index (χ2n) is 8.69. The van der Waals surface area contributed by atoms with Crippen LogP contribution in [0.15, 0.2) is 54.6 Å². The number of benzene rings is 3. The molecule has 35 heavy (non-hydrogen) atoms. The van der Waals surface area contributed by atoms with E-state index in [0.717, 1.165) is 26.2 Å². The van der Waals surface area contributed by atoms with Crippen LogP contribution < -0.4 is 10.2 Å². The van der Waals surface area contributed by atoms with Crippen LogP contribution in [0.25, 0.3) is 11.6 Å². The quantitative estimate of drug-likeness (QED) is 0.424. The maximum Gasteiger partial charge on any atom is 0.294 e. The smallest absolute Gasteiger partial charge is 0.294 e. The lowest BCUT2D eigenvalue weighted by atomic mass is 9.92. The maximum absolute atomic E-state index is 14.6. The minimum atomic E-state index is -0.468. The molecule has 0 aliphatic carbocycles. The fourth-order valence-electron chi connectivity index (χ4n) is 4.39. The van der Waals surface area contributed by atoms with Crippen LogP contribution in [0.1, 0.15) is 22.3 Å². The van der Waals surface area contributed by atoms with Crippen molar-refractivity contribution in [1.82, 2.24) is 9.91 Å². The van der Waals surface area contributed by atoms with Crippen molar-refractivity contribution in [2.24, 2.45) is 0 Å². The summed E-state index contributed by atoms with van der Waals surface area (Å²) in [5, 5.41) is 13.9. The molecule has 0 bridgehead atoms. The largest absolute Gasteiger partial charge is 0.488 e. The van der Waals surface area contributed by atoms with Crippen LogP contribution in [0.3, 0.4) is 0 Å². The van der Waals surface area contributed by atoms with E-state index in [1.54, 1.807) is 36.4 Å². The Labute approximate surface area is 201 Å². The van der Waals surface area contributed by atoms with E-state index in [9.17, 15) is 18.9 Å². The highest BCUT2D eigenvalue weighted by Crippen LogP contribution is 2.39. The number of ether oxygens (including phenoxy) is 1. The van der Waals surface area contributed by atoms with Crippen molar-refractivity contribution in [3.05, 3.63) is 98.6 Å². The number of hydrazine groups is 1. The van der Waals surface area contributed by atoms with E-state index in [4.69, 9.17) is 4.74 Å². The topological polar surface area (TPSA) is 70.9 Å². The second-order valence-corrected chi connectivity index (χ2v) is 8.69. The summed E-state index contributed by atoms with van der Waals surface area (Å²) in [4.78, 5) is 13.7. The molecule has 2 heterocycles. The molecule has 0 aromatic heterocycles. The highest BCUT2D eigenvalue weighted by atomic mass is 19.1. The molecule has 9 heteroatoms. The zero-order valence-corrected chi connectivity index (χ0v) is 19.1. The van der Waals surface area contributed by atoms with Gasteiger partial charge in [0.15, 0.2) is 0 Å². The van der Waals surface area contributed by atoms with Crippen molar-refractivity contribution < 1.29 is 18.4 Å². The first-order valence-electron chi connectivity index (χ1n) is 11.3. The Balaban J connectivity index is 1.57. The molecule has 0 atom stereocenters. The number of nitro groups is 1. The first-order valence-corrected chi connectivity index (χ1v) is 11.3. The number of fused-ring (bicyclic) bond motifs is 2. The number of nitro benzene ring substituents is 1. The molecular formula is C26H24F2N4O3. The minimum absolute atomic E-state index is 0.0518. The maximum atomic E-state index is 14.6. The van der Waals surface area contributed by atoms with Gasteiger partial charge in [-0.1, -0.05) is 18.2 Å². The molecule has 0 spiro atoms. The predicted molar refractivity (Wildman–Crippen MR) is 130 cm³/mol. The molecule has 3 aromatic carbocycles. The average molecular weight is 478 g/mol. The number of halogens is 2. The first-order chi connectivity index (χ1) is 16.9. The third kappa shape index (κ3) is 4.73. The molecule has 180 valence electrons. The lowest BCUT2D eigenvalue weighted by molar-refractivity contribution is -0.384. The van der Waals surface area contributed by atoms with Crippen molar-refractivity contribution in [1.29, 1.82) is 0 Å².